The Morgan fingerprint density at radius 3 is 2.51 bits per heavy atom. The predicted octanol–water partition coefficient (Wildman–Crippen LogP) is 7.00. The largest absolute Gasteiger partial charge is 0.469 e. The first-order chi connectivity index (χ1) is 36.6. The van der Waals surface area contributed by atoms with Crippen molar-refractivity contribution in [2.45, 2.75) is 178 Å². The molecule has 1 aromatic heterocycles. The molecule has 2 aromatic rings. The number of aliphatic hydroxyl groups excluding tert-OH is 4. The van der Waals surface area contributed by atoms with Crippen molar-refractivity contribution in [1.29, 1.82) is 0 Å². The van der Waals surface area contributed by atoms with Crippen molar-refractivity contribution in [2.75, 3.05) is 33.0 Å². The first-order valence-electron chi connectivity index (χ1n) is 29.7. The number of benzene rings is 1. The van der Waals surface area contributed by atoms with Crippen molar-refractivity contribution in [3.05, 3.63) is 71.8 Å². The van der Waals surface area contributed by atoms with E-state index in [-0.39, 0.29) is 66.6 Å². The van der Waals surface area contributed by atoms with Gasteiger partial charge in [-0.2, -0.15) is 0 Å². The fraction of sp³-hybridized carbons (Fsp3) is 0.758. The molecule has 412 valence electrons. The van der Waals surface area contributed by atoms with Crippen molar-refractivity contribution >= 4 is 17.7 Å². The lowest BCUT2D eigenvalue weighted by Crippen LogP contribution is -2.80. The average molecular weight is 1050 g/mol. The van der Waals surface area contributed by atoms with Crippen LogP contribution >= 0.6 is 0 Å². The topological polar surface area (TPSA) is 201 Å². The number of Topliss-reactive ketones (excluding diaryl/α,β-unsaturated/α-hetero) is 1. The highest BCUT2D eigenvalue weighted by Crippen LogP contribution is 2.84. The lowest BCUT2D eigenvalue weighted by Gasteiger charge is -2.70. The molecule has 14 heteroatoms. The van der Waals surface area contributed by atoms with Crippen LogP contribution in [0.4, 0.5) is 0 Å². The van der Waals surface area contributed by atoms with E-state index in [1.807, 2.05) is 26.0 Å². The Bertz CT molecular complexity index is 2650. The maximum Gasteiger partial charge on any atom is 0.339 e. The number of epoxide rings is 1. The third-order valence-electron chi connectivity index (χ3n) is 24.5. The summed E-state index contributed by atoms with van der Waals surface area (Å²) < 4.78 is 34.7. The number of furan rings is 1. The van der Waals surface area contributed by atoms with Gasteiger partial charge in [-0.25, -0.2) is 4.79 Å². The molecule has 6 aliphatic carbocycles. The number of fused-ring (bicyclic) bond motifs is 5. The third kappa shape index (κ3) is 6.61. The number of carbonyl (C=O) groups is 3. The smallest absolute Gasteiger partial charge is 0.339 e. The van der Waals surface area contributed by atoms with Crippen LogP contribution in [0.25, 0.3) is 0 Å². The van der Waals surface area contributed by atoms with Crippen LogP contribution in [0.5, 0.6) is 0 Å². The van der Waals surface area contributed by atoms with Gasteiger partial charge in [0.1, 0.15) is 30.2 Å². The number of ketones is 1. The third-order valence-corrected chi connectivity index (χ3v) is 24.5. The van der Waals surface area contributed by atoms with E-state index < -0.39 is 81.2 Å². The molecule has 7 heterocycles. The number of allylic oxidation sites excluding steroid dienone is 1. The SMILES string of the molecule is CC1(C)OC2C3(CC(CO)C4(CCCC4)C3)C(=O)OCC23C1C(=O)C(O)C1(C2CCCC(Cc4ccccc4)C2)C3CCC2(C)C(c3ccoc3CC(C(O)CO)C3CCC4C(C=CN5CNCC45)C3)OC(=O)C3OC321. The van der Waals surface area contributed by atoms with Crippen LogP contribution in [0.3, 0.4) is 0 Å². The van der Waals surface area contributed by atoms with Crippen molar-refractivity contribution in [1.82, 2.24) is 10.2 Å². The number of hydrogen-bond acceptors (Lipinski definition) is 14. The molecule has 76 heavy (non-hydrogen) atoms. The Hall–Kier alpha value is -3.63. The number of ether oxygens (including phenoxy) is 4. The number of rotatable bonds is 10. The van der Waals surface area contributed by atoms with Gasteiger partial charge in [-0.3, -0.25) is 14.9 Å². The van der Waals surface area contributed by atoms with Crippen LogP contribution < -0.4 is 5.32 Å². The second-order valence-electron chi connectivity index (χ2n) is 27.8. The van der Waals surface area contributed by atoms with Crippen LogP contribution in [0.15, 0.2) is 59.4 Å². The first kappa shape index (κ1) is 50.6. The minimum Gasteiger partial charge on any atom is -0.469 e. The van der Waals surface area contributed by atoms with Gasteiger partial charge in [0.2, 0.25) is 0 Å². The normalized spacial score (nSPS) is 47.0. The van der Waals surface area contributed by atoms with E-state index in [1.165, 1.54) is 5.56 Å². The predicted molar refractivity (Wildman–Crippen MR) is 276 cm³/mol. The summed E-state index contributed by atoms with van der Waals surface area (Å²) in [5.41, 5.74) is -5.24. The van der Waals surface area contributed by atoms with Crippen molar-refractivity contribution in [3.63, 3.8) is 0 Å². The van der Waals surface area contributed by atoms with Gasteiger partial charge in [0, 0.05) is 47.4 Å². The molecule has 20 atom stereocenters. The Kier molecular flexibility index (Phi) is 11.8. The molecule has 5 N–H and O–H groups in total. The van der Waals surface area contributed by atoms with Gasteiger partial charge >= 0.3 is 11.9 Å². The highest BCUT2D eigenvalue weighted by Gasteiger charge is 2.94. The Balaban J connectivity index is 0.887. The molecule has 6 saturated carbocycles. The minimum absolute atomic E-state index is 0.0334. The van der Waals surface area contributed by atoms with Gasteiger partial charge in [-0.1, -0.05) is 69.0 Å². The zero-order chi connectivity index (χ0) is 52.4. The second kappa shape index (κ2) is 17.7. The minimum atomic E-state index is -1.53. The van der Waals surface area contributed by atoms with Crippen LogP contribution in [-0.2, 0) is 46.2 Å². The maximum atomic E-state index is 16.3. The Morgan fingerprint density at radius 2 is 1.72 bits per heavy atom. The lowest BCUT2D eigenvalue weighted by atomic mass is 9.32. The summed E-state index contributed by atoms with van der Waals surface area (Å²) in [6, 6.07) is 12.9. The Labute approximate surface area is 447 Å². The van der Waals surface area contributed by atoms with Gasteiger partial charge in [0.15, 0.2) is 11.9 Å². The van der Waals surface area contributed by atoms with Gasteiger partial charge in [0.05, 0.1) is 48.7 Å². The average Bonchev–Trinajstić information content (AvgIpc) is 2.29. The quantitative estimate of drug-likeness (QED) is 0.120. The zero-order valence-corrected chi connectivity index (χ0v) is 44.9. The van der Waals surface area contributed by atoms with Crippen LogP contribution in [-0.4, -0.2) is 118 Å². The fourth-order valence-electron chi connectivity index (χ4n) is 21.8. The summed E-state index contributed by atoms with van der Waals surface area (Å²) in [4.78, 5) is 49.0. The van der Waals surface area contributed by atoms with Crippen LogP contribution in [0.2, 0.25) is 0 Å². The van der Waals surface area contributed by atoms with Crippen molar-refractivity contribution < 1.29 is 58.2 Å². The van der Waals surface area contributed by atoms with Gasteiger partial charge in [-0.05, 0) is 161 Å². The summed E-state index contributed by atoms with van der Waals surface area (Å²) >= 11 is 0. The van der Waals surface area contributed by atoms with Crippen molar-refractivity contribution in [3.8, 4) is 0 Å². The van der Waals surface area contributed by atoms with E-state index >= 15 is 14.4 Å². The lowest BCUT2D eigenvalue weighted by molar-refractivity contribution is -0.286. The van der Waals surface area contributed by atoms with E-state index in [9.17, 15) is 20.4 Å². The molecule has 11 fully saturated rings. The van der Waals surface area contributed by atoms with Crippen molar-refractivity contribution in [2.24, 2.45) is 80.3 Å². The molecule has 14 rings (SSSR count). The number of aliphatic hydroxyl groups is 4. The molecule has 1 aromatic carbocycles. The molecule has 5 saturated heterocycles. The molecule has 0 bridgehead atoms. The number of carbonyl (C=O) groups excluding carboxylic acids is 3. The molecule has 4 spiro atoms. The monoisotopic (exact) mass is 1050 g/mol. The van der Waals surface area contributed by atoms with E-state index in [4.69, 9.17) is 23.4 Å². The highest BCUT2D eigenvalue weighted by molar-refractivity contribution is 5.93. The summed E-state index contributed by atoms with van der Waals surface area (Å²) in [5.74, 6) is -1.31. The number of nitrogens with zero attached hydrogens (tertiary/aromatic N) is 1. The van der Waals surface area contributed by atoms with Gasteiger partial charge in [0.25, 0.3) is 0 Å². The maximum absolute atomic E-state index is 16.3. The Morgan fingerprint density at radius 1 is 0.908 bits per heavy atom. The van der Waals surface area contributed by atoms with E-state index in [0.717, 1.165) is 83.8 Å². The fourth-order valence-corrected chi connectivity index (χ4v) is 21.8. The molecule has 14 nitrogen and oxygen atoms in total. The number of esters is 2. The molecule has 0 radical (unpaired) electrons. The molecular formula is C62H82N2O12. The number of hydrogen-bond donors (Lipinski definition) is 5. The van der Waals surface area contributed by atoms with Gasteiger partial charge < -0.3 is 48.7 Å². The second-order valence-corrected chi connectivity index (χ2v) is 27.8. The van der Waals surface area contributed by atoms with Crippen LogP contribution in [0, 0.1) is 80.3 Å². The van der Waals surface area contributed by atoms with E-state index in [1.54, 1.807) is 6.26 Å². The number of cyclic esters (lactones) is 2. The van der Waals surface area contributed by atoms with Crippen LogP contribution in [0.1, 0.15) is 140 Å². The number of nitrogens with one attached hydrogen (secondary N) is 1. The standard InChI is InChI=1S/C62H82N2O12/c1-56(2)49-48(68)50(69)61(39-13-9-12-36(25-39)24-35-10-5-4-6-11-35)47(60(49)33-73-55(71)59(54(60)76-56)28-40(30-65)58(32-59)19-7-8-20-58)16-21-57(3)51(74-53(70)52-62(57,61)75-52)42-18-23-72-46(42)27-43(45(67)31-66)37-14-15-41-38(26-37)17-22-64-34-63-29-44(41)64/h4-6,10-11,17-18,22-23,36-41,43-45,47,49-52,54,63,65-67,69H,7-9,12-16,19-21,24-34H2,1-3H3. The molecule has 20 unspecified atom stereocenters. The molecule has 0 amide bonds. The molecule has 6 aliphatic heterocycles. The first-order valence-corrected chi connectivity index (χ1v) is 29.7. The van der Waals surface area contributed by atoms with E-state index in [2.05, 4.69) is 53.7 Å². The summed E-state index contributed by atoms with van der Waals surface area (Å²) in [5, 5.41) is 51.0. The van der Waals surface area contributed by atoms with E-state index in [0.29, 0.717) is 67.7 Å². The molecular weight excluding hydrogens is 965 g/mol. The van der Waals surface area contributed by atoms with Gasteiger partial charge in [-0.15, -0.1) is 0 Å². The molecule has 12 aliphatic rings. The zero-order valence-electron chi connectivity index (χ0n) is 44.9. The highest BCUT2D eigenvalue weighted by atomic mass is 16.7. The summed E-state index contributed by atoms with van der Waals surface area (Å²) in [6.45, 7) is 7.45. The summed E-state index contributed by atoms with van der Waals surface area (Å²) in [7, 11) is 0. The summed E-state index contributed by atoms with van der Waals surface area (Å²) in [6.07, 6.45) is 14.2.